The highest BCUT2D eigenvalue weighted by Gasteiger charge is 2.22. The van der Waals surface area contributed by atoms with E-state index in [0.29, 0.717) is 12.1 Å². The van der Waals surface area contributed by atoms with E-state index in [4.69, 9.17) is 0 Å². The molecule has 0 unspecified atom stereocenters. The van der Waals surface area contributed by atoms with Gasteiger partial charge in [-0.3, -0.25) is 0 Å². The SMILES string of the molecule is CNC1CCC(n2cc(-c3ccc4c(c3)CCC4)nn2)CC1. The van der Waals surface area contributed by atoms with Crippen LogP contribution in [0.15, 0.2) is 24.4 Å². The van der Waals surface area contributed by atoms with Gasteiger partial charge in [0.25, 0.3) is 0 Å². The minimum atomic E-state index is 0.514. The highest BCUT2D eigenvalue weighted by Crippen LogP contribution is 2.30. The summed E-state index contributed by atoms with van der Waals surface area (Å²) in [5.74, 6) is 0. The lowest BCUT2D eigenvalue weighted by atomic mass is 9.91. The molecule has 2 aromatic rings. The standard InChI is InChI=1S/C18H24N4/c1-19-16-7-9-17(10-8-16)22-12-18(20-21-22)15-6-5-13-3-2-4-14(13)11-15/h5-6,11-12,16-17,19H,2-4,7-10H2,1H3. The van der Waals surface area contributed by atoms with Crippen LogP contribution in [0.5, 0.6) is 0 Å². The Morgan fingerprint density at radius 3 is 2.73 bits per heavy atom. The summed E-state index contributed by atoms with van der Waals surface area (Å²) in [6.45, 7) is 0. The largest absolute Gasteiger partial charge is 0.317 e. The second-order valence-corrected chi connectivity index (χ2v) is 6.71. The van der Waals surface area contributed by atoms with Crippen molar-refractivity contribution in [2.75, 3.05) is 7.05 Å². The van der Waals surface area contributed by atoms with E-state index in [0.717, 1.165) is 5.69 Å². The Morgan fingerprint density at radius 2 is 1.91 bits per heavy atom. The van der Waals surface area contributed by atoms with Crippen LogP contribution < -0.4 is 5.32 Å². The molecule has 0 atom stereocenters. The molecule has 1 heterocycles. The van der Waals surface area contributed by atoms with Gasteiger partial charge in [0.2, 0.25) is 0 Å². The maximum atomic E-state index is 4.42. The number of aryl methyl sites for hydroxylation is 2. The first kappa shape index (κ1) is 13.9. The summed E-state index contributed by atoms with van der Waals surface area (Å²) in [7, 11) is 2.06. The first-order valence-electron chi connectivity index (χ1n) is 8.55. The van der Waals surface area contributed by atoms with Crippen molar-refractivity contribution in [2.24, 2.45) is 0 Å². The summed E-state index contributed by atoms with van der Waals surface area (Å²) in [6, 6.07) is 7.98. The summed E-state index contributed by atoms with van der Waals surface area (Å²) in [4.78, 5) is 0. The number of aromatic nitrogens is 3. The molecular weight excluding hydrogens is 272 g/mol. The Kier molecular flexibility index (Phi) is 3.70. The molecule has 0 radical (unpaired) electrons. The Hall–Kier alpha value is -1.68. The summed E-state index contributed by atoms with van der Waals surface area (Å²) >= 11 is 0. The summed E-state index contributed by atoms with van der Waals surface area (Å²) in [5, 5.41) is 12.2. The average molecular weight is 296 g/mol. The van der Waals surface area contributed by atoms with Crippen LogP contribution >= 0.6 is 0 Å². The second kappa shape index (κ2) is 5.84. The van der Waals surface area contributed by atoms with E-state index in [1.807, 2.05) is 0 Å². The van der Waals surface area contributed by atoms with E-state index in [2.05, 4.69) is 51.8 Å². The van der Waals surface area contributed by atoms with Crippen LogP contribution in [-0.4, -0.2) is 28.1 Å². The van der Waals surface area contributed by atoms with Crippen molar-refractivity contribution in [3.05, 3.63) is 35.5 Å². The van der Waals surface area contributed by atoms with E-state index in [9.17, 15) is 0 Å². The minimum absolute atomic E-state index is 0.514. The van der Waals surface area contributed by atoms with E-state index in [1.165, 1.54) is 61.6 Å². The molecular formula is C18H24N4. The zero-order chi connectivity index (χ0) is 14.9. The Balaban J connectivity index is 1.52. The van der Waals surface area contributed by atoms with Crippen LogP contribution in [0.2, 0.25) is 0 Å². The van der Waals surface area contributed by atoms with E-state index >= 15 is 0 Å². The maximum absolute atomic E-state index is 4.42. The monoisotopic (exact) mass is 296 g/mol. The molecule has 4 rings (SSSR count). The Morgan fingerprint density at radius 1 is 1.09 bits per heavy atom. The number of rotatable bonds is 3. The van der Waals surface area contributed by atoms with Crippen molar-refractivity contribution in [1.29, 1.82) is 0 Å². The van der Waals surface area contributed by atoms with Gasteiger partial charge in [-0.15, -0.1) is 5.10 Å². The lowest BCUT2D eigenvalue weighted by molar-refractivity contribution is 0.281. The molecule has 1 aromatic heterocycles. The third kappa shape index (κ3) is 2.56. The molecule has 4 heteroatoms. The number of fused-ring (bicyclic) bond motifs is 1. The molecule has 1 N–H and O–H groups in total. The Labute approximate surface area is 131 Å². The highest BCUT2D eigenvalue weighted by molar-refractivity contribution is 5.60. The average Bonchev–Trinajstić information content (AvgIpc) is 3.23. The zero-order valence-electron chi connectivity index (χ0n) is 13.3. The van der Waals surface area contributed by atoms with E-state index < -0.39 is 0 Å². The van der Waals surface area contributed by atoms with Gasteiger partial charge in [-0.05, 0) is 69.2 Å². The van der Waals surface area contributed by atoms with Crippen molar-refractivity contribution in [3.8, 4) is 11.3 Å². The van der Waals surface area contributed by atoms with Gasteiger partial charge in [0.05, 0.1) is 12.2 Å². The third-order valence-corrected chi connectivity index (χ3v) is 5.38. The van der Waals surface area contributed by atoms with Gasteiger partial charge in [-0.1, -0.05) is 17.3 Å². The molecule has 1 saturated carbocycles. The predicted octanol–water partition coefficient (Wildman–Crippen LogP) is 3.14. The molecule has 1 aromatic carbocycles. The first-order chi connectivity index (χ1) is 10.8. The molecule has 22 heavy (non-hydrogen) atoms. The summed E-state index contributed by atoms with van der Waals surface area (Å²) < 4.78 is 2.09. The summed E-state index contributed by atoms with van der Waals surface area (Å²) in [5.41, 5.74) is 5.25. The first-order valence-corrected chi connectivity index (χ1v) is 8.55. The molecule has 4 nitrogen and oxygen atoms in total. The van der Waals surface area contributed by atoms with Gasteiger partial charge in [-0.2, -0.15) is 0 Å². The van der Waals surface area contributed by atoms with Crippen molar-refractivity contribution in [2.45, 2.75) is 57.0 Å². The van der Waals surface area contributed by atoms with Crippen LogP contribution in [0.1, 0.15) is 49.3 Å². The van der Waals surface area contributed by atoms with Gasteiger partial charge in [0.1, 0.15) is 5.69 Å². The van der Waals surface area contributed by atoms with Crippen LogP contribution in [0, 0.1) is 0 Å². The molecule has 2 aliphatic carbocycles. The Bertz CT molecular complexity index is 653. The molecule has 0 bridgehead atoms. The lowest BCUT2D eigenvalue weighted by Gasteiger charge is -2.27. The fourth-order valence-electron chi connectivity index (χ4n) is 3.95. The van der Waals surface area contributed by atoms with Crippen LogP contribution in [0.25, 0.3) is 11.3 Å². The van der Waals surface area contributed by atoms with E-state index in [1.54, 1.807) is 0 Å². The smallest absolute Gasteiger partial charge is 0.113 e. The van der Waals surface area contributed by atoms with Gasteiger partial charge in [0, 0.05) is 11.6 Å². The molecule has 2 aliphatic rings. The highest BCUT2D eigenvalue weighted by atomic mass is 15.4. The topological polar surface area (TPSA) is 42.7 Å². The van der Waals surface area contributed by atoms with Crippen molar-refractivity contribution < 1.29 is 0 Å². The molecule has 0 saturated heterocycles. The number of nitrogens with zero attached hydrogens (tertiary/aromatic N) is 3. The molecule has 0 spiro atoms. The van der Waals surface area contributed by atoms with Gasteiger partial charge in [0.15, 0.2) is 0 Å². The van der Waals surface area contributed by atoms with Crippen molar-refractivity contribution >= 4 is 0 Å². The van der Waals surface area contributed by atoms with Crippen molar-refractivity contribution in [1.82, 2.24) is 20.3 Å². The zero-order valence-corrected chi connectivity index (χ0v) is 13.3. The number of hydrogen-bond donors (Lipinski definition) is 1. The van der Waals surface area contributed by atoms with Crippen LogP contribution in [0.3, 0.4) is 0 Å². The second-order valence-electron chi connectivity index (χ2n) is 6.71. The number of benzene rings is 1. The number of hydrogen-bond acceptors (Lipinski definition) is 3. The van der Waals surface area contributed by atoms with E-state index in [-0.39, 0.29) is 0 Å². The molecule has 0 amide bonds. The van der Waals surface area contributed by atoms with Crippen molar-refractivity contribution in [3.63, 3.8) is 0 Å². The third-order valence-electron chi connectivity index (χ3n) is 5.38. The molecule has 0 aliphatic heterocycles. The maximum Gasteiger partial charge on any atom is 0.113 e. The van der Waals surface area contributed by atoms with Gasteiger partial charge < -0.3 is 5.32 Å². The lowest BCUT2D eigenvalue weighted by Crippen LogP contribution is -2.31. The predicted molar refractivity (Wildman–Crippen MR) is 87.8 cm³/mol. The number of nitrogens with one attached hydrogen (secondary N) is 1. The summed E-state index contributed by atoms with van der Waals surface area (Å²) in [6.07, 6.45) is 10.7. The van der Waals surface area contributed by atoms with Gasteiger partial charge >= 0.3 is 0 Å². The molecule has 116 valence electrons. The molecule has 1 fully saturated rings. The minimum Gasteiger partial charge on any atom is -0.317 e. The van der Waals surface area contributed by atoms with Crippen LogP contribution in [-0.2, 0) is 12.8 Å². The van der Waals surface area contributed by atoms with Gasteiger partial charge in [-0.25, -0.2) is 4.68 Å². The fraction of sp³-hybridized carbons (Fsp3) is 0.556. The normalized spacial score (nSPS) is 24.4. The van der Waals surface area contributed by atoms with Crippen LogP contribution in [0.4, 0.5) is 0 Å². The fourth-order valence-corrected chi connectivity index (χ4v) is 3.95. The quantitative estimate of drug-likeness (QED) is 0.946.